The molecule has 1 fully saturated rings. The van der Waals surface area contributed by atoms with E-state index < -0.39 is 0 Å². The molecule has 0 spiro atoms. The van der Waals surface area contributed by atoms with Crippen LogP contribution in [-0.4, -0.2) is 74.3 Å². The topological polar surface area (TPSA) is 97.7 Å². The molecule has 1 aromatic carbocycles. The summed E-state index contributed by atoms with van der Waals surface area (Å²) >= 11 is 0. The normalized spacial score (nSPS) is 14.5. The molecule has 2 aromatic heterocycles. The number of benzene rings is 1. The van der Waals surface area contributed by atoms with Gasteiger partial charge >= 0.3 is 0 Å². The Balaban J connectivity index is 0.000000726. The average Bonchev–Trinajstić information content (AvgIpc) is 3.47. The molecule has 9 heteroatoms. The van der Waals surface area contributed by atoms with Crippen LogP contribution < -0.4 is 10.7 Å². The summed E-state index contributed by atoms with van der Waals surface area (Å²) in [6.07, 6.45) is 12.6. The summed E-state index contributed by atoms with van der Waals surface area (Å²) in [5.74, 6) is 0. The molecule has 0 saturated carbocycles. The van der Waals surface area contributed by atoms with Crippen molar-refractivity contribution in [3.05, 3.63) is 58.9 Å². The number of methoxy groups -OCH3 is 1. The van der Waals surface area contributed by atoms with Gasteiger partial charge in [-0.25, -0.2) is 5.01 Å². The Kier molecular flexibility index (Phi) is 23.0. The molecular weight excluding hydrogens is 663 g/mol. The van der Waals surface area contributed by atoms with Crippen molar-refractivity contribution in [3.8, 4) is 11.3 Å². The van der Waals surface area contributed by atoms with Gasteiger partial charge in [-0.3, -0.25) is 15.2 Å². The number of hydrazine groups is 1. The van der Waals surface area contributed by atoms with E-state index >= 15 is 0 Å². The Bertz CT molecular complexity index is 1520. The van der Waals surface area contributed by atoms with Crippen molar-refractivity contribution in [1.29, 1.82) is 0 Å². The van der Waals surface area contributed by atoms with E-state index in [-0.39, 0.29) is 17.6 Å². The van der Waals surface area contributed by atoms with Crippen LogP contribution in [0.1, 0.15) is 129 Å². The van der Waals surface area contributed by atoms with Crippen molar-refractivity contribution in [2.75, 3.05) is 40.9 Å². The lowest BCUT2D eigenvalue weighted by atomic mass is 9.84. The zero-order chi connectivity index (χ0) is 40.0. The average molecular weight is 736 g/mol. The van der Waals surface area contributed by atoms with E-state index in [1.165, 1.54) is 52.7 Å². The number of ether oxygens (including phenoxy) is 2. The van der Waals surface area contributed by atoms with Gasteiger partial charge in [-0.1, -0.05) is 67.0 Å². The van der Waals surface area contributed by atoms with Crippen LogP contribution in [0, 0.1) is 12.3 Å². The zero-order valence-electron chi connectivity index (χ0n) is 35.5. The van der Waals surface area contributed by atoms with Gasteiger partial charge in [-0.15, -0.1) is 0 Å². The number of aldehydes is 1. The van der Waals surface area contributed by atoms with Crippen LogP contribution in [0.15, 0.2) is 36.5 Å². The number of allylic oxidation sites excluding steroid dienone is 2. The van der Waals surface area contributed by atoms with Gasteiger partial charge in [0.1, 0.15) is 6.29 Å². The molecule has 2 N–H and O–H groups in total. The van der Waals surface area contributed by atoms with Gasteiger partial charge < -0.3 is 24.2 Å². The highest BCUT2D eigenvalue weighted by Gasteiger charge is 2.28. The Labute approximate surface area is 322 Å². The molecule has 298 valence electrons. The Morgan fingerprint density at radius 1 is 1.11 bits per heavy atom. The first-order valence-electron chi connectivity index (χ1n) is 19.9. The molecule has 3 heterocycles. The molecule has 3 aromatic rings. The second kappa shape index (κ2) is 25.6. The van der Waals surface area contributed by atoms with Crippen molar-refractivity contribution < 1.29 is 19.1 Å². The van der Waals surface area contributed by atoms with Crippen molar-refractivity contribution in [2.24, 2.45) is 5.41 Å². The summed E-state index contributed by atoms with van der Waals surface area (Å²) in [7, 11) is 5.59. The van der Waals surface area contributed by atoms with E-state index in [1.807, 2.05) is 33.9 Å². The van der Waals surface area contributed by atoms with Gasteiger partial charge in [0.25, 0.3) is 6.47 Å². The number of nitrogens with zero attached hydrogens (tertiary/aromatic N) is 3. The SMILES string of the molecule is CC.CCC(C=O)NC.CCC/C=C(\CC)c1ccc2c(c1)c(CC(C)(C)COC=O)c(-c1cc(C)cnc1C(C)OC)n2CC.CN1CCCCN1. The smallest absolute Gasteiger partial charge is 0.293 e. The van der Waals surface area contributed by atoms with Crippen LogP contribution in [0.3, 0.4) is 0 Å². The van der Waals surface area contributed by atoms with Gasteiger partial charge in [0, 0.05) is 61.9 Å². The van der Waals surface area contributed by atoms with Crippen molar-refractivity contribution >= 4 is 29.2 Å². The molecule has 0 radical (unpaired) electrons. The number of hydrogen-bond acceptors (Lipinski definition) is 8. The number of pyridine rings is 1. The van der Waals surface area contributed by atoms with Crippen LogP contribution in [0.25, 0.3) is 27.7 Å². The van der Waals surface area contributed by atoms with Crippen LogP contribution in [0.4, 0.5) is 0 Å². The molecule has 0 amide bonds. The number of fused-ring (bicyclic) bond motifs is 1. The highest BCUT2D eigenvalue weighted by atomic mass is 16.5. The molecule has 1 saturated heterocycles. The van der Waals surface area contributed by atoms with Crippen molar-refractivity contribution in [2.45, 2.75) is 133 Å². The first-order chi connectivity index (χ1) is 25.4. The fourth-order valence-corrected chi connectivity index (χ4v) is 6.41. The van der Waals surface area contributed by atoms with E-state index in [9.17, 15) is 9.59 Å². The van der Waals surface area contributed by atoms with Gasteiger partial charge in [0.15, 0.2) is 0 Å². The number of likely N-dealkylation sites (N-methyl/N-ethyl adjacent to an activating group) is 1. The summed E-state index contributed by atoms with van der Waals surface area (Å²) in [5, 5.41) is 6.23. The van der Waals surface area contributed by atoms with Gasteiger partial charge in [-0.05, 0) is 107 Å². The molecule has 1 aliphatic rings. The quantitative estimate of drug-likeness (QED) is 0.141. The molecular formula is C44H73N5O4. The lowest BCUT2D eigenvalue weighted by Gasteiger charge is -2.25. The van der Waals surface area contributed by atoms with Crippen LogP contribution in [-0.2, 0) is 32.0 Å². The first-order valence-corrected chi connectivity index (χ1v) is 19.9. The second-order valence-corrected chi connectivity index (χ2v) is 14.2. The summed E-state index contributed by atoms with van der Waals surface area (Å²) in [6, 6.07) is 9.19. The monoisotopic (exact) mass is 736 g/mol. The number of carbonyl (C=O) groups excluding carboxylic acids is 2. The lowest BCUT2D eigenvalue weighted by Crippen LogP contribution is -2.39. The van der Waals surface area contributed by atoms with Crippen LogP contribution in [0.2, 0.25) is 0 Å². The third kappa shape index (κ3) is 14.8. The maximum Gasteiger partial charge on any atom is 0.293 e. The van der Waals surface area contributed by atoms with E-state index in [4.69, 9.17) is 14.5 Å². The Morgan fingerprint density at radius 2 is 1.83 bits per heavy atom. The van der Waals surface area contributed by atoms with E-state index in [0.717, 1.165) is 68.3 Å². The molecule has 4 rings (SSSR count). The second-order valence-electron chi connectivity index (χ2n) is 14.2. The number of hydrogen-bond donors (Lipinski definition) is 2. The number of nitrogens with one attached hydrogen (secondary N) is 2. The number of rotatable bonds is 16. The summed E-state index contributed by atoms with van der Waals surface area (Å²) in [4.78, 5) is 25.8. The number of unbranched alkanes of at least 4 members (excludes halogenated alkanes) is 1. The van der Waals surface area contributed by atoms with Gasteiger partial charge in [0.2, 0.25) is 0 Å². The minimum Gasteiger partial charge on any atom is -0.467 e. The summed E-state index contributed by atoms with van der Waals surface area (Å²) < 4.78 is 13.4. The minimum atomic E-state index is -0.242. The molecule has 53 heavy (non-hydrogen) atoms. The van der Waals surface area contributed by atoms with Crippen LogP contribution in [0.5, 0.6) is 0 Å². The predicted molar refractivity (Wildman–Crippen MR) is 224 cm³/mol. The molecule has 0 bridgehead atoms. The van der Waals surface area contributed by atoms with E-state index in [2.05, 4.69) is 99.3 Å². The molecule has 9 nitrogen and oxygen atoms in total. The fourth-order valence-electron chi connectivity index (χ4n) is 6.41. The standard InChI is InChI=1S/C32H44N2O3.C5H12N2.C5H11NO.C2H6/c1-9-12-13-24(10-2)25-14-15-29-26(17-25)28(18-32(6,7)20-37-21-35)31(34(29)11-3)27-16-22(4)19-33-30(27)23(5)36-8;1-7-5-3-2-4-6-7;1-3-5(4-7)6-2;1-2/h13-17,19,21,23H,9-12,18,20H2,1-8H3;6H,2-5H2,1H3;4-6H,3H2,1-2H3;1-2H3/b24-13+;;;. The number of carbonyl (C=O) groups is 2. The minimum absolute atomic E-state index is 0.0556. The summed E-state index contributed by atoms with van der Waals surface area (Å²) in [5.41, 5.74) is 12.4. The lowest BCUT2D eigenvalue weighted by molar-refractivity contribution is -0.131. The highest BCUT2D eigenvalue weighted by Crippen LogP contribution is 2.41. The summed E-state index contributed by atoms with van der Waals surface area (Å²) in [6.45, 7) is 25.2. The van der Waals surface area contributed by atoms with Crippen molar-refractivity contribution in [1.82, 2.24) is 25.3 Å². The maximum atomic E-state index is 11.0. The maximum absolute atomic E-state index is 11.0. The Morgan fingerprint density at radius 3 is 2.30 bits per heavy atom. The molecule has 0 aliphatic carbocycles. The third-order valence-electron chi connectivity index (χ3n) is 9.44. The zero-order valence-corrected chi connectivity index (χ0v) is 35.5. The number of aromatic nitrogens is 2. The van der Waals surface area contributed by atoms with Crippen LogP contribution >= 0.6 is 0 Å². The van der Waals surface area contributed by atoms with Gasteiger partial charge in [-0.2, -0.15) is 0 Å². The fraction of sp³-hybridized carbons (Fsp3) is 0.614. The third-order valence-corrected chi connectivity index (χ3v) is 9.44. The first kappa shape index (κ1) is 47.7. The Hall–Kier alpha value is -3.37. The largest absolute Gasteiger partial charge is 0.467 e. The highest BCUT2D eigenvalue weighted by molar-refractivity contribution is 5.94. The van der Waals surface area contributed by atoms with Crippen molar-refractivity contribution in [3.63, 3.8) is 0 Å². The van der Waals surface area contributed by atoms with E-state index in [1.54, 1.807) is 14.2 Å². The van der Waals surface area contributed by atoms with E-state index in [0.29, 0.717) is 13.1 Å². The molecule has 2 atom stereocenters. The number of aryl methyl sites for hydroxylation is 2. The predicted octanol–water partition coefficient (Wildman–Crippen LogP) is 9.50. The molecule has 1 aliphatic heterocycles. The van der Waals surface area contributed by atoms with Gasteiger partial charge in [0.05, 0.1) is 30.1 Å². The molecule has 2 unspecified atom stereocenters.